The fraction of sp³-hybridized carbons (Fsp3) is 0.0833. The van der Waals surface area contributed by atoms with Gasteiger partial charge in [-0.05, 0) is 24.3 Å². The van der Waals surface area contributed by atoms with Crippen LogP contribution in [0.15, 0.2) is 51.7 Å². The maximum Gasteiger partial charge on any atom is 0.331 e. The summed E-state index contributed by atoms with van der Waals surface area (Å²) < 4.78 is 15.0. The number of carbonyl (C=O) groups is 1. The van der Waals surface area contributed by atoms with Crippen LogP contribution in [0.25, 0.3) is 5.57 Å². The lowest BCUT2D eigenvalue weighted by atomic mass is 10.1. The zero-order chi connectivity index (χ0) is 11.4. The maximum absolute atomic E-state index is 11.2. The van der Waals surface area contributed by atoms with Gasteiger partial charge in [-0.2, -0.15) is 0 Å². The minimum Gasteiger partial charge on any atom is -0.466 e. The van der Waals surface area contributed by atoms with E-state index >= 15 is 0 Å². The molecule has 0 N–H and O–H groups in total. The summed E-state index contributed by atoms with van der Waals surface area (Å²) in [6, 6.07) is 6.97. The molecule has 0 amide bonds. The molecule has 0 saturated carbocycles. The van der Waals surface area contributed by atoms with Gasteiger partial charge in [-0.25, -0.2) is 4.79 Å². The van der Waals surface area contributed by atoms with Gasteiger partial charge < -0.3 is 13.6 Å². The predicted octanol–water partition coefficient (Wildman–Crippen LogP) is 2.48. The molecule has 0 aliphatic carbocycles. The third-order valence-corrected chi connectivity index (χ3v) is 2.04. The molecule has 2 rings (SSSR count). The van der Waals surface area contributed by atoms with Crippen LogP contribution in [-0.2, 0) is 9.53 Å². The Morgan fingerprint density at radius 2 is 1.75 bits per heavy atom. The lowest BCUT2D eigenvalue weighted by molar-refractivity contribution is -0.134. The van der Waals surface area contributed by atoms with Crippen molar-refractivity contribution >= 4 is 11.5 Å². The van der Waals surface area contributed by atoms with Gasteiger partial charge in [0.1, 0.15) is 11.5 Å². The highest BCUT2D eigenvalue weighted by Gasteiger charge is 2.12. The molecule has 4 nitrogen and oxygen atoms in total. The number of esters is 1. The second-order valence-corrected chi connectivity index (χ2v) is 3.04. The first-order chi connectivity index (χ1) is 7.81. The van der Waals surface area contributed by atoms with Crippen LogP contribution in [0.4, 0.5) is 0 Å². The van der Waals surface area contributed by atoms with E-state index in [0.717, 1.165) is 0 Å². The molecule has 0 spiro atoms. The first kappa shape index (κ1) is 10.3. The summed E-state index contributed by atoms with van der Waals surface area (Å²) in [5.74, 6) is 0.656. The second kappa shape index (κ2) is 4.53. The van der Waals surface area contributed by atoms with Gasteiger partial charge in [0.2, 0.25) is 0 Å². The summed E-state index contributed by atoms with van der Waals surface area (Å²) in [5, 5.41) is 0. The molecule has 0 aromatic carbocycles. The van der Waals surface area contributed by atoms with Crippen molar-refractivity contribution in [1.82, 2.24) is 0 Å². The Morgan fingerprint density at radius 1 is 1.19 bits per heavy atom. The molecule has 0 fully saturated rings. The second-order valence-electron chi connectivity index (χ2n) is 3.04. The topological polar surface area (TPSA) is 52.6 Å². The zero-order valence-corrected chi connectivity index (χ0v) is 8.67. The molecule has 0 aliphatic rings. The monoisotopic (exact) mass is 218 g/mol. The van der Waals surface area contributed by atoms with Gasteiger partial charge in [0.15, 0.2) is 0 Å². The van der Waals surface area contributed by atoms with Crippen LogP contribution < -0.4 is 0 Å². The highest BCUT2D eigenvalue weighted by molar-refractivity contribution is 5.94. The Balaban J connectivity index is 2.42. The Bertz CT molecular complexity index is 441. The summed E-state index contributed by atoms with van der Waals surface area (Å²) in [4.78, 5) is 11.2. The van der Waals surface area contributed by atoms with E-state index in [4.69, 9.17) is 8.83 Å². The standard InChI is InChI=1S/C12H10O4/c1-14-12(13)8-9(10-4-2-6-15-10)11-5-3-7-16-11/h2-8H,1H3. The first-order valence-electron chi connectivity index (χ1n) is 4.68. The third kappa shape index (κ3) is 2.06. The first-order valence-corrected chi connectivity index (χ1v) is 4.68. The summed E-state index contributed by atoms with van der Waals surface area (Å²) in [6.45, 7) is 0. The Morgan fingerprint density at radius 3 is 2.12 bits per heavy atom. The van der Waals surface area contributed by atoms with E-state index in [1.165, 1.54) is 25.7 Å². The SMILES string of the molecule is COC(=O)C=C(c1ccco1)c1ccco1. The van der Waals surface area contributed by atoms with E-state index < -0.39 is 5.97 Å². The van der Waals surface area contributed by atoms with Crippen molar-refractivity contribution in [3.63, 3.8) is 0 Å². The van der Waals surface area contributed by atoms with Gasteiger partial charge >= 0.3 is 5.97 Å². The van der Waals surface area contributed by atoms with Crippen molar-refractivity contribution < 1.29 is 18.4 Å². The number of ether oxygens (including phenoxy) is 1. The number of carbonyl (C=O) groups excluding carboxylic acids is 1. The van der Waals surface area contributed by atoms with Crippen LogP contribution in [-0.4, -0.2) is 13.1 Å². The van der Waals surface area contributed by atoms with Crippen molar-refractivity contribution in [1.29, 1.82) is 0 Å². The minimum atomic E-state index is -0.456. The molecule has 0 atom stereocenters. The predicted molar refractivity (Wildman–Crippen MR) is 56.5 cm³/mol. The Labute approximate surface area is 92.1 Å². The van der Waals surface area contributed by atoms with Crippen LogP contribution in [0.5, 0.6) is 0 Å². The third-order valence-electron chi connectivity index (χ3n) is 2.04. The van der Waals surface area contributed by atoms with Crippen LogP contribution in [0.2, 0.25) is 0 Å². The van der Waals surface area contributed by atoms with Gasteiger partial charge in [-0.1, -0.05) is 0 Å². The molecule has 0 bridgehead atoms. The van der Waals surface area contributed by atoms with Gasteiger partial charge in [0.25, 0.3) is 0 Å². The zero-order valence-electron chi connectivity index (χ0n) is 8.67. The van der Waals surface area contributed by atoms with E-state index in [2.05, 4.69) is 4.74 Å². The molecular formula is C12H10O4. The van der Waals surface area contributed by atoms with Crippen molar-refractivity contribution in [2.75, 3.05) is 7.11 Å². The molecule has 0 unspecified atom stereocenters. The summed E-state index contributed by atoms with van der Waals surface area (Å²) in [5.41, 5.74) is 0.557. The molecule has 0 saturated heterocycles. The summed E-state index contributed by atoms with van der Waals surface area (Å²) in [6.07, 6.45) is 4.39. The number of hydrogen-bond acceptors (Lipinski definition) is 4. The molecule has 4 heteroatoms. The van der Waals surface area contributed by atoms with Gasteiger partial charge in [0.05, 0.1) is 25.2 Å². The van der Waals surface area contributed by atoms with E-state index in [9.17, 15) is 4.79 Å². The Kier molecular flexibility index (Phi) is 2.91. The van der Waals surface area contributed by atoms with Crippen molar-refractivity contribution in [2.45, 2.75) is 0 Å². The van der Waals surface area contributed by atoms with Gasteiger partial charge in [-0.15, -0.1) is 0 Å². The number of rotatable bonds is 3. The molecular weight excluding hydrogens is 208 g/mol. The van der Waals surface area contributed by atoms with Crippen LogP contribution in [0.1, 0.15) is 11.5 Å². The molecule has 2 aromatic rings. The lowest BCUT2D eigenvalue weighted by Gasteiger charge is -2.00. The number of hydrogen-bond donors (Lipinski definition) is 0. The average molecular weight is 218 g/mol. The summed E-state index contributed by atoms with van der Waals surface area (Å²) >= 11 is 0. The van der Waals surface area contributed by atoms with Gasteiger partial charge in [0, 0.05) is 6.08 Å². The van der Waals surface area contributed by atoms with Crippen LogP contribution >= 0.6 is 0 Å². The van der Waals surface area contributed by atoms with Crippen molar-refractivity contribution in [2.24, 2.45) is 0 Å². The minimum absolute atomic E-state index is 0.456. The molecule has 2 aromatic heterocycles. The van der Waals surface area contributed by atoms with E-state index in [-0.39, 0.29) is 0 Å². The van der Waals surface area contributed by atoms with E-state index in [0.29, 0.717) is 17.1 Å². The number of furan rings is 2. The molecule has 16 heavy (non-hydrogen) atoms. The fourth-order valence-electron chi connectivity index (χ4n) is 1.30. The Hall–Kier alpha value is -2.23. The maximum atomic E-state index is 11.2. The van der Waals surface area contributed by atoms with Crippen molar-refractivity contribution in [3.05, 3.63) is 54.4 Å². The lowest BCUT2D eigenvalue weighted by Crippen LogP contribution is -1.97. The highest BCUT2D eigenvalue weighted by atomic mass is 16.5. The smallest absolute Gasteiger partial charge is 0.331 e. The van der Waals surface area contributed by atoms with E-state index in [1.807, 2.05) is 0 Å². The van der Waals surface area contributed by atoms with Crippen molar-refractivity contribution in [3.8, 4) is 0 Å². The highest BCUT2D eigenvalue weighted by Crippen LogP contribution is 2.24. The molecule has 2 heterocycles. The fourth-order valence-corrected chi connectivity index (χ4v) is 1.30. The quantitative estimate of drug-likeness (QED) is 0.586. The average Bonchev–Trinajstić information content (AvgIpc) is 2.97. The largest absolute Gasteiger partial charge is 0.466 e. The van der Waals surface area contributed by atoms with E-state index in [1.54, 1.807) is 24.3 Å². The normalized spacial score (nSPS) is 9.81. The summed E-state index contributed by atoms with van der Waals surface area (Å²) in [7, 11) is 1.32. The molecule has 0 radical (unpaired) electrons. The molecule has 0 aliphatic heterocycles. The molecule has 82 valence electrons. The van der Waals surface area contributed by atoms with Gasteiger partial charge in [-0.3, -0.25) is 0 Å². The number of methoxy groups -OCH3 is 1. The van der Waals surface area contributed by atoms with Crippen LogP contribution in [0.3, 0.4) is 0 Å². The van der Waals surface area contributed by atoms with Crippen LogP contribution in [0, 0.1) is 0 Å².